The van der Waals surface area contributed by atoms with Crippen LogP contribution in [0.3, 0.4) is 0 Å². The minimum absolute atomic E-state index is 0.0404. The molecule has 1 heterocycles. The lowest BCUT2D eigenvalue weighted by Gasteiger charge is -2.09. The highest BCUT2D eigenvalue weighted by molar-refractivity contribution is 7.89. The Morgan fingerprint density at radius 2 is 1.67 bits per heavy atom. The molecular weight excluding hydrogens is 460 g/mol. The van der Waals surface area contributed by atoms with Gasteiger partial charge in [-0.2, -0.15) is 5.10 Å². The van der Waals surface area contributed by atoms with Gasteiger partial charge in [-0.3, -0.25) is 4.79 Å². The molecule has 2 N–H and O–H groups in total. The van der Waals surface area contributed by atoms with E-state index in [2.05, 4.69) is 10.0 Å². The average molecular weight is 481 g/mol. The van der Waals surface area contributed by atoms with E-state index in [1.807, 2.05) is 66.9 Å². The number of nitrogens with one attached hydrogen (secondary N) is 2. The molecule has 0 saturated heterocycles. The van der Waals surface area contributed by atoms with Gasteiger partial charge in [0, 0.05) is 23.9 Å². The van der Waals surface area contributed by atoms with Gasteiger partial charge in [0.1, 0.15) is 0 Å². The number of hydrogen-bond acceptors (Lipinski definition) is 4. The third kappa shape index (κ3) is 4.98. The first-order valence-electron chi connectivity index (χ1n) is 10.1. The number of para-hydroxylation sites is 1. The number of amides is 1. The quantitative estimate of drug-likeness (QED) is 0.417. The predicted molar refractivity (Wildman–Crippen MR) is 128 cm³/mol. The zero-order valence-electron chi connectivity index (χ0n) is 17.7. The fourth-order valence-corrected chi connectivity index (χ4v) is 4.28. The summed E-state index contributed by atoms with van der Waals surface area (Å²) in [7, 11) is -2.41. The van der Waals surface area contributed by atoms with Crippen LogP contribution in [0.2, 0.25) is 5.02 Å². The third-order valence-electron chi connectivity index (χ3n) is 5.06. The fraction of sp³-hybridized carbons (Fsp3) is 0.0833. The highest BCUT2D eigenvalue weighted by Crippen LogP contribution is 2.24. The zero-order chi connectivity index (χ0) is 23.4. The second-order valence-electron chi connectivity index (χ2n) is 7.18. The first-order chi connectivity index (χ1) is 15.9. The number of hydrogen-bond donors (Lipinski definition) is 2. The van der Waals surface area contributed by atoms with Crippen molar-refractivity contribution in [3.05, 3.63) is 101 Å². The predicted octanol–water partition coefficient (Wildman–Crippen LogP) is 4.03. The Kier molecular flexibility index (Phi) is 6.60. The Labute approximate surface area is 197 Å². The smallest absolute Gasteiger partial charge is 0.253 e. The van der Waals surface area contributed by atoms with E-state index in [9.17, 15) is 13.2 Å². The molecule has 0 aliphatic carbocycles. The normalized spacial score (nSPS) is 11.3. The summed E-state index contributed by atoms with van der Waals surface area (Å²) in [5, 5.41) is 7.72. The Bertz CT molecular complexity index is 1390. The van der Waals surface area contributed by atoms with Crippen molar-refractivity contribution in [1.82, 2.24) is 19.8 Å². The molecular formula is C24H21ClN4O3S. The van der Waals surface area contributed by atoms with Crippen molar-refractivity contribution >= 4 is 27.5 Å². The summed E-state index contributed by atoms with van der Waals surface area (Å²) in [6.07, 6.45) is 1.86. The van der Waals surface area contributed by atoms with Crippen molar-refractivity contribution in [3.8, 4) is 16.9 Å². The Morgan fingerprint density at radius 3 is 2.33 bits per heavy atom. The van der Waals surface area contributed by atoms with E-state index in [0.717, 1.165) is 22.5 Å². The van der Waals surface area contributed by atoms with Crippen molar-refractivity contribution < 1.29 is 13.2 Å². The summed E-state index contributed by atoms with van der Waals surface area (Å²) in [6.45, 7) is 0.176. The number of carbonyl (C=O) groups excluding carboxylic acids is 1. The molecule has 4 aromatic rings. The zero-order valence-corrected chi connectivity index (χ0v) is 19.3. The molecule has 168 valence electrons. The summed E-state index contributed by atoms with van der Waals surface area (Å²) >= 11 is 6.18. The van der Waals surface area contributed by atoms with Crippen LogP contribution in [0.1, 0.15) is 15.9 Å². The van der Waals surface area contributed by atoms with Gasteiger partial charge in [-0.05, 0) is 37.4 Å². The third-order valence-corrected chi connectivity index (χ3v) is 6.80. The maximum absolute atomic E-state index is 12.9. The maximum atomic E-state index is 12.9. The van der Waals surface area contributed by atoms with Gasteiger partial charge in [0.25, 0.3) is 5.91 Å². The van der Waals surface area contributed by atoms with E-state index in [1.54, 1.807) is 4.68 Å². The molecule has 9 heteroatoms. The number of rotatable bonds is 7. The average Bonchev–Trinajstić information content (AvgIpc) is 3.28. The number of sulfonamides is 1. The number of carbonyl (C=O) groups is 1. The summed E-state index contributed by atoms with van der Waals surface area (Å²) in [5.74, 6) is -0.486. The number of nitrogens with zero attached hydrogens (tertiary/aromatic N) is 2. The molecule has 1 aromatic heterocycles. The fourth-order valence-electron chi connectivity index (χ4n) is 3.33. The van der Waals surface area contributed by atoms with Crippen LogP contribution in [-0.4, -0.2) is 31.2 Å². The van der Waals surface area contributed by atoms with Gasteiger partial charge in [0.2, 0.25) is 10.0 Å². The van der Waals surface area contributed by atoms with Crippen molar-refractivity contribution in [3.63, 3.8) is 0 Å². The van der Waals surface area contributed by atoms with E-state index in [-0.39, 0.29) is 22.0 Å². The summed E-state index contributed by atoms with van der Waals surface area (Å²) in [5.41, 5.74) is 3.41. The molecule has 33 heavy (non-hydrogen) atoms. The summed E-state index contributed by atoms with van der Waals surface area (Å²) in [4.78, 5) is 12.9. The van der Waals surface area contributed by atoms with Gasteiger partial charge in [-0.1, -0.05) is 60.1 Å². The monoisotopic (exact) mass is 480 g/mol. The lowest BCUT2D eigenvalue weighted by Crippen LogP contribution is -2.24. The van der Waals surface area contributed by atoms with Crippen LogP contribution in [0.15, 0.2) is 90.0 Å². The largest absolute Gasteiger partial charge is 0.348 e. The van der Waals surface area contributed by atoms with E-state index >= 15 is 0 Å². The van der Waals surface area contributed by atoms with Crippen LogP contribution in [0.4, 0.5) is 0 Å². The molecule has 1 amide bonds. The van der Waals surface area contributed by atoms with Gasteiger partial charge in [-0.25, -0.2) is 17.8 Å². The minimum Gasteiger partial charge on any atom is -0.348 e. The number of aromatic nitrogens is 2. The summed E-state index contributed by atoms with van der Waals surface area (Å²) < 4.78 is 28.2. The standard InChI is InChI=1S/C24H21ClN4O3S/c1-26-33(31,32)20-12-13-22(25)21(14-20)24(30)27-15-18-16-29(19-10-6-3-7-11-19)28-23(18)17-8-4-2-5-9-17/h2-14,16,26H,15H2,1H3,(H,27,30). The van der Waals surface area contributed by atoms with E-state index < -0.39 is 15.9 Å². The SMILES string of the molecule is CNS(=O)(=O)c1ccc(Cl)c(C(=O)NCc2cn(-c3ccccc3)nc2-c2ccccc2)c1. The van der Waals surface area contributed by atoms with Crippen molar-refractivity contribution in [2.45, 2.75) is 11.4 Å². The number of halogens is 1. The van der Waals surface area contributed by atoms with Crippen LogP contribution >= 0.6 is 11.6 Å². The second-order valence-corrected chi connectivity index (χ2v) is 9.47. The first kappa shape index (κ1) is 22.7. The molecule has 0 unspecified atom stereocenters. The maximum Gasteiger partial charge on any atom is 0.253 e. The van der Waals surface area contributed by atoms with Crippen molar-refractivity contribution in [2.75, 3.05) is 7.05 Å². The van der Waals surface area contributed by atoms with Crippen LogP contribution in [0, 0.1) is 0 Å². The Hall–Kier alpha value is -3.46. The van der Waals surface area contributed by atoms with E-state index in [4.69, 9.17) is 16.7 Å². The van der Waals surface area contributed by atoms with Crippen LogP contribution in [0.25, 0.3) is 16.9 Å². The molecule has 0 aliphatic heterocycles. The lowest BCUT2D eigenvalue weighted by atomic mass is 10.1. The molecule has 0 fully saturated rings. The minimum atomic E-state index is -3.71. The molecule has 4 rings (SSSR count). The molecule has 0 atom stereocenters. The first-order valence-corrected chi connectivity index (χ1v) is 12.0. The highest BCUT2D eigenvalue weighted by atomic mass is 35.5. The van der Waals surface area contributed by atoms with Crippen molar-refractivity contribution in [2.24, 2.45) is 0 Å². The van der Waals surface area contributed by atoms with Gasteiger partial charge in [0.05, 0.1) is 26.9 Å². The molecule has 7 nitrogen and oxygen atoms in total. The molecule has 3 aromatic carbocycles. The number of benzene rings is 3. The van der Waals surface area contributed by atoms with E-state index in [1.165, 1.54) is 25.2 Å². The Balaban J connectivity index is 1.64. The topological polar surface area (TPSA) is 93.1 Å². The Morgan fingerprint density at radius 1 is 1.00 bits per heavy atom. The van der Waals surface area contributed by atoms with Gasteiger partial charge >= 0.3 is 0 Å². The molecule has 0 spiro atoms. The lowest BCUT2D eigenvalue weighted by molar-refractivity contribution is 0.0951. The molecule has 0 aliphatic rings. The molecule has 0 bridgehead atoms. The van der Waals surface area contributed by atoms with Crippen LogP contribution in [-0.2, 0) is 16.6 Å². The van der Waals surface area contributed by atoms with Crippen LogP contribution in [0.5, 0.6) is 0 Å². The molecule has 0 saturated carbocycles. The highest BCUT2D eigenvalue weighted by Gasteiger charge is 2.19. The second kappa shape index (κ2) is 9.58. The van der Waals surface area contributed by atoms with Crippen molar-refractivity contribution in [1.29, 1.82) is 0 Å². The summed E-state index contributed by atoms with van der Waals surface area (Å²) in [6, 6.07) is 23.3. The van der Waals surface area contributed by atoms with Gasteiger partial charge < -0.3 is 5.32 Å². The van der Waals surface area contributed by atoms with Gasteiger partial charge in [-0.15, -0.1) is 0 Å². The van der Waals surface area contributed by atoms with Gasteiger partial charge in [0.15, 0.2) is 0 Å². The van der Waals surface area contributed by atoms with Crippen LogP contribution < -0.4 is 10.0 Å². The molecule has 0 radical (unpaired) electrons. The van der Waals surface area contributed by atoms with E-state index in [0.29, 0.717) is 0 Å².